The van der Waals surface area contributed by atoms with Gasteiger partial charge in [-0.25, -0.2) is 0 Å². The lowest BCUT2D eigenvalue weighted by Gasteiger charge is -2.58. The van der Waals surface area contributed by atoms with E-state index in [4.69, 9.17) is 23.7 Å². The number of hydrogen-bond donors (Lipinski definition) is 1. The van der Waals surface area contributed by atoms with Crippen molar-refractivity contribution in [3.63, 3.8) is 0 Å². The molecule has 9 nitrogen and oxygen atoms in total. The van der Waals surface area contributed by atoms with Gasteiger partial charge >= 0.3 is 17.9 Å². The van der Waals surface area contributed by atoms with Crippen LogP contribution in [0.2, 0.25) is 0 Å². The van der Waals surface area contributed by atoms with Crippen LogP contribution in [-0.4, -0.2) is 72.3 Å². The molecular weight excluding hydrogens is 444 g/mol. The fraction of sp³-hybridized carbons (Fsp3) is 0.800. The number of unbranched alkanes of at least 4 members (excludes halogenated alkanes) is 2. The Balaban J connectivity index is 1.74. The highest BCUT2D eigenvalue weighted by atomic mass is 16.7. The quantitative estimate of drug-likeness (QED) is 0.183. The summed E-state index contributed by atoms with van der Waals surface area (Å²) >= 11 is 0. The summed E-state index contributed by atoms with van der Waals surface area (Å²) in [5.41, 5.74) is -1.98. The molecule has 0 aromatic rings. The third kappa shape index (κ3) is 3.67. The Bertz CT molecular complexity index is 878. The minimum atomic E-state index is -1.11. The third-order valence-corrected chi connectivity index (χ3v) is 8.41. The molecule has 0 radical (unpaired) electrons. The van der Waals surface area contributed by atoms with Crippen molar-refractivity contribution in [2.24, 2.45) is 10.8 Å². The highest BCUT2D eigenvalue weighted by molar-refractivity contribution is 5.70. The molecule has 8 atom stereocenters. The third-order valence-electron chi connectivity index (χ3n) is 8.41. The average Bonchev–Trinajstić information content (AvgIpc) is 3.54. The fourth-order valence-electron chi connectivity index (χ4n) is 6.46. The predicted molar refractivity (Wildman–Crippen MR) is 118 cm³/mol. The molecular formula is C25H36O9. The Hall–Kier alpha value is -1.97. The van der Waals surface area contributed by atoms with E-state index in [-0.39, 0.29) is 19.0 Å². The van der Waals surface area contributed by atoms with Gasteiger partial charge in [-0.1, -0.05) is 32.8 Å². The maximum Gasteiger partial charge on any atom is 0.306 e. The van der Waals surface area contributed by atoms with Crippen molar-refractivity contribution in [3.8, 4) is 0 Å². The van der Waals surface area contributed by atoms with E-state index in [0.717, 1.165) is 24.8 Å². The first-order valence-electron chi connectivity index (χ1n) is 12.2. The smallest absolute Gasteiger partial charge is 0.306 e. The van der Waals surface area contributed by atoms with Crippen LogP contribution in [0.1, 0.15) is 66.7 Å². The van der Waals surface area contributed by atoms with Crippen molar-refractivity contribution >= 4 is 17.9 Å². The number of aliphatic hydroxyl groups is 1. The Morgan fingerprint density at radius 1 is 1.18 bits per heavy atom. The first kappa shape index (κ1) is 25.1. The van der Waals surface area contributed by atoms with E-state index in [1.807, 2.05) is 19.9 Å². The molecule has 1 N–H and O–H groups in total. The number of esters is 3. The zero-order valence-electron chi connectivity index (χ0n) is 20.6. The Morgan fingerprint density at radius 3 is 2.47 bits per heavy atom. The minimum Gasteiger partial charge on any atom is -0.465 e. The minimum absolute atomic E-state index is 0.0561. The van der Waals surface area contributed by atoms with Crippen LogP contribution in [0.3, 0.4) is 0 Å². The van der Waals surface area contributed by atoms with Crippen LogP contribution >= 0.6 is 0 Å². The van der Waals surface area contributed by atoms with Gasteiger partial charge in [-0.2, -0.15) is 0 Å². The van der Waals surface area contributed by atoms with Crippen LogP contribution in [0.4, 0.5) is 0 Å². The second-order valence-electron chi connectivity index (χ2n) is 10.4. The number of aliphatic hydroxyl groups excluding tert-OH is 1. The first-order valence-corrected chi connectivity index (χ1v) is 12.2. The molecule has 2 heterocycles. The van der Waals surface area contributed by atoms with Gasteiger partial charge in [-0.3, -0.25) is 14.4 Å². The van der Waals surface area contributed by atoms with E-state index in [1.54, 1.807) is 0 Å². The number of hydrogen-bond acceptors (Lipinski definition) is 9. The lowest BCUT2D eigenvalue weighted by Crippen LogP contribution is -2.68. The van der Waals surface area contributed by atoms with Crippen molar-refractivity contribution in [3.05, 3.63) is 11.6 Å². The number of ether oxygens (including phenoxy) is 5. The average molecular weight is 481 g/mol. The van der Waals surface area contributed by atoms with Gasteiger partial charge in [-0.05, 0) is 18.9 Å². The summed E-state index contributed by atoms with van der Waals surface area (Å²) in [5, 5.41) is 11.2. The van der Waals surface area contributed by atoms with E-state index in [2.05, 4.69) is 6.92 Å². The number of carbonyl (C=O) groups excluding carboxylic acids is 3. The van der Waals surface area contributed by atoms with Gasteiger partial charge in [0.25, 0.3) is 0 Å². The van der Waals surface area contributed by atoms with Crippen LogP contribution in [0.15, 0.2) is 11.6 Å². The van der Waals surface area contributed by atoms with Crippen LogP contribution < -0.4 is 0 Å². The fourth-order valence-corrected chi connectivity index (χ4v) is 6.46. The summed E-state index contributed by atoms with van der Waals surface area (Å²) < 4.78 is 29.5. The van der Waals surface area contributed by atoms with E-state index in [0.29, 0.717) is 13.0 Å². The molecule has 2 saturated heterocycles. The maximum atomic E-state index is 12.6. The van der Waals surface area contributed by atoms with E-state index in [9.17, 15) is 19.5 Å². The van der Waals surface area contributed by atoms with Crippen LogP contribution in [-0.2, 0) is 38.1 Å². The van der Waals surface area contributed by atoms with Crippen molar-refractivity contribution < 1.29 is 43.2 Å². The van der Waals surface area contributed by atoms with Crippen molar-refractivity contribution in [1.82, 2.24) is 0 Å². The van der Waals surface area contributed by atoms with Crippen LogP contribution in [0.25, 0.3) is 0 Å². The molecule has 4 rings (SSSR count). The van der Waals surface area contributed by atoms with E-state index >= 15 is 0 Å². The van der Waals surface area contributed by atoms with Gasteiger partial charge in [0.15, 0.2) is 0 Å². The topological polar surface area (TPSA) is 121 Å². The Morgan fingerprint density at radius 2 is 1.88 bits per heavy atom. The molecule has 0 amide bonds. The largest absolute Gasteiger partial charge is 0.465 e. The molecule has 1 spiro atoms. The molecule has 1 unspecified atom stereocenters. The van der Waals surface area contributed by atoms with Crippen molar-refractivity contribution in [2.45, 2.75) is 103 Å². The first-order chi connectivity index (χ1) is 16.0. The van der Waals surface area contributed by atoms with Crippen molar-refractivity contribution in [2.75, 3.05) is 13.2 Å². The highest BCUT2D eigenvalue weighted by Gasteiger charge is 2.86. The van der Waals surface area contributed by atoms with Crippen molar-refractivity contribution in [1.29, 1.82) is 0 Å². The summed E-state index contributed by atoms with van der Waals surface area (Å²) in [5.74, 6) is -1.28. The Kier molecular flexibility index (Phi) is 6.59. The molecule has 0 aromatic heterocycles. The van der Waals surface area contributed by atoms with Gasteiger partial charge in [0, 0.05) is 26.7 Å². The number of fused-ring (bicyclic) bond motifs is 2. The molecule has 3 fully saturated rings. The zero-order valence-corrected chi connectivity index (χ0v) is 20.6. The lowest BCUT2D eigenvalue weighted by molar-refractivity contribution is -0.241. The second-order valence-corrected chi connectivity index (χ2v) is 10.4. The molecule has 2 aliphatic heterocycles. The van der Waals surface area contributed by atoms with Crippen LogP contribution in [0.5, 0.6) is 0 Å². The second kappa shape index (κ2) is 8.91. The van der Waals surface area contributed by atoms with Gasteiger partial charge in [-0.15, -0.1) is 0 Å². The summed E-state index contributed by atoms with van der Waals surface area (Å²) in [6.45, 7) is 8.74. The molecule has 1 saturated carbocycles. The SMILES string of the molecule is CCCCCC(=O)O[C@@H]1C[C@]2(COC(C)=O)[C@H](C=C1C)O[C@H]1[C@@H](O)[C@@H](OC(C)=O)[C@]2(C)C12CO2. The molecule has 0 aromatic carbocycles. The molecule has 2 aliphatic carbocycles. The molecule has 2 bridgehead atoms. The molecule has 9 heteroatoms. The number of carbonyl (C=O) groups is 3. The molecule has 190 valence electrons. The summed E-state index contributed by atoms with van der Waals surface area (Å²) in [6.07, 6.45) is 1.34. The van der Waals surface area contributed by atoms with Gasteiger partial charge < -0.3 is 28.8 Å². The van der Waals surface area contributed by atoms with Gasteiger partial charge in [0.05, 0.1) is 23.5 Å². The monoisotopic (exact) mass is 480 g/mol. The lowest BCUT2D eigenvalue weighted by atomic mass is 9.51. The predicted octanol–water partition coefficient (Wildman–Crippen LogP) is 2.23. The summed E-state index contributed by atoms with van der Waals surface area (Å²) in [6, 6.07) is 0. The normalized spacial score (nSPS) is 41.9. The van der Waals surface area contributed by atoms with E-state index < -0.39 is 58.9 Å². The zero-order chi connectivity index (χ0) is 24.9. The number of rotatable bonds is 8. The summed E-state index contributed by atoms with van der Waals surface area (Å²) in [7, 11) is 0. The number of epoxide rings is 1. The van der Waals surface area contributed by atoms with Gasteiger partial charge in [0.1, 0.15) is 36.6 Å². The molecule has 34 heavy (non-hydrogen) atoms. The van der Waals surface area contributed by atoms with E-state index in [1.165, 1.54) is 13.8 Å². The maximum absolute atomic E-state index is 12.6. The van der Waals surface area contributed by atoms with Crippen LogP contribution in [0, 0.1) is 10.8 Å². The summed E-state index contributed by atoms with van der Waals surface area (Å²) in [4.78, 5) is 36.6. The molecule has 4 aliphatic rings. The van der Waals surface area contributed by atoms with Gasteiger partial charge in [0.2, 0.25) is 0 Å². The standard InChI is InChI=1S/C25H36O9/c1-6-7-8-9-19(28)33-17-11-24(12-30-15(3)26)18(10-14(17)2)34-22-20(29)21(32-16(4)27)23(24,5)25(22)13-31-25/h10,17-18,20-22,29H,6-9,11-13H2,1-5H3/t17-,18+,20+,21-,22+,23+,24+,25?/m1/s1. The Labute approximate surface area is 200 Å². The highest BCUT2D eigenvalue weighted by Crippen LogP contribution is 2.72.